The van der Waals surface area contributed by atoms with Crippen LogP contribution in [0.1, 0.15) is 6.42 Å². The second kappa shape index (κ2) is 9.52. The van der Waals surface area contributed by atoms with Crippen molar-refractivity contribution in [2.24, 2.45) is 5.92 Å². The number of aromatic hydroxyl groups is 1. The highest BCUT2D eigenvalue weighted by atomic mass is 35.5. The van der Waals surface area contributed by atoms with Crippen molar-refractivity contribution in [2.45, 2.75) is 6.42 Å². The third-order valence-corrected chi connectivity index (χ3v) is 6.71. The number of anilines is 2. The van der Waals surface area contributed by atoms with Gasteiger partial charge in [0.15, 0.2) is 5.58 Å². The molecule has 2 saturated heterocycles. The fourth-order valence-corrected chi connectivity index (χ4v) is 4.63. The maximum Gasteiger partial charge on any atom is 0.298 e. The number of para-hydroxylation sites is 2. The lowest BCUT2D eigenvalue weighted by Crippen LogP contribution is -2.51. The summed E-state index contributed by atoms with van der Waals surface area (Å²) in [6.45, 7) is 4.08. The monoisotopic (exact) mass is 483 g/mol. The molecule has 3 aromatic rings. The number of hydrogen-bond acceptors (Lipinski definition) is 7. The van der Waals surface area contributed by atoms with E-state index in [2.05, 4.69) is 15.2 Å². The van der Waals surface area contributed by atoms with Crippen LogP contribution in [0.2, 0.25) is 5.02 Å². The number of likely N-dealkylation sites (tertiary alicyclic amines) is 1. The average Bonchev–Trinajstić information content (AvgIpc) is 3.49. The smallest absolute Gasteiger partial charge is 0.298 e. The first-order chi connectivity index (χ1) is 16.5. The van der Waals surface area contributed by atoms with E-state index < -0.39 is 0 Å². The minimum atomic E-state index is -0.198. The highest BCUT2D eigenvalue weighted by molar-refractivity contribution is 6.32. The number of phenolic OH excluding ortho intramolecular Hbond substituents is 1. The minimum absolute atomic E-state index is 0.0279. The molecule has 0 unspecified atom stereocenters. The number of nitrogens with one attached hydrogen (secondary N) is 1. The summed E-state index contributed by atoms with van der Waals surface area (Å²) in [7, 11) is 0. The van der Waals surface area contributed by atoms with Crippen molar-refractivity contribution >= 4 is 46.2 Å². The van der Waals surface area contributed by atoms with E-state index >= 15 is 0 Å². The number of benzene rings is 2. The Kier molecular flexibility index (Phi) is 6.30. The zero-order valence-electron chi connectivity index (χ0n) is 18.6. The van der Waals surface area contributed by atoms with Crippen LogP contribution >= 0.6 is 11.6 Å². The highest BCUT2D eigenvalue weighted by Gasteiger charge is 2.31. The average molecular weight is 484 g/mol. The molecule has 0 radical (unpaired) electrons. The number of oxazole rings is 1. The van der Waals surface area contributed by atoms with Crippen LogP contribution < -0.4 is 10.2 Å². The molecule has 5 rings (SSSR count). The van der Waals surface area contributed by atoms with Crippen LogP contribution in [0.3, 0.4) is 0 Å². The molecule has 1 aromatic heterocycles. The Morgan fingerprint density at radius 3 is 2.68 bits per heavy atom. The number of fused-ring (bicyclic) bond motifs is 1. The van der Waals surface area contributed by atoms with Crippen molar-refractivity contribution in [1.29, 1.82) is 0 Å². The molecule has 2 aliphatic rings. The third-order valence-electron chi connectivity index (χ3n) is 6.40. The fraction of sp³-hybridized carbons (Fsp3) is 0.375. The molecular weight excluding hydrogens is 458 g/mol. The molecule has 0 spiro atoms. The molecule has 34 heavy (non-hydrogen) atoms. The normalized spacial score (nSPS) is 19.0. The molecule has 10 heteroatoms. The van der Waals surface area contributed by atoms with Gasteiger partial charge in [-0.05, 0) is 43.3 Å². The Labute approximate surface area is 201 Å². The Morgan fingerprint density at radius 1 is 1.12 bits per heavy atom. The van der Waals surface area contributed by atoms with Gasteiger partial charge >= 0.3 is 0 Å². The fourth-order valence-electron chi connectivity index (χ4n) is 4.45. The standard InChI is InChI=1S/C24H26ClN5O4/c25-18-13-17(5-6-20(18)31)26-23(33)16-7-8-28(14-16)15-22(32)29-9-11-30(12-10-29)24-27-19-3-1-2-4-21(19)34-24/h1-6,13,16,31H,7-12,14-15H2,(H,26,33)/t16-/m1/s1. The summed E-state index contributed by atoms with van der Waals surface area (Å²) in [5, 5.41) is 12.6. The third kappa shape index (κ3) is 4.80. The van der Waals surface area contributed by atoms with Crippen molar-refractivity contribution in [1.82, 2.24) is 14.8 Å². The molecule has 0 aliphatic carbocycles. The summed E-state index contributed by atoms with van der Waals surface area (Å²) in [6, 6.07) is 12.8. The number of rotatable bonds is 5. The first-order valence-electron chi connectivity index (χ1n) is 11.4. The lowest BCUT2D eigenvalue weighted by atomic mass is 10.1. The molecule has 178 valence electrons. The van der Waals surface area contributed by atoms with Gasteiger partial charge in [0.25, 0.3) is 6.01 Å². The van der Waals surface area contributed by atoms with E-state index in [9.17, 15) is 14.7 Å². The maximum absolute atomic E-state index is 12.9. The van der Waals surface area contributed by atoms with Crippen LogP contribution in [0.15, 0.2) is 46.9 Å². The van der Waals surface area contributed by atoms with Gasteiger partial charge < -0.3 is 24.6 Å². The summed E-state index contributed by atoms with van der Waals surface area (Å²) in [5.41, 5.74) is 2.13. The number of phenols is 1. The molecule has 2 fully saturated rings. The van der Waals surface area contributed by atoms with Crippen molar-refractivity contribution in [3.05, 3.63) is 47.5 Å². The molecule has 1 atom stereocenters. The first kappa shape index (κ1) is 22.5. The van der Waals surface area contributed by atoms with E-state index in [-0.39, 0.29) is 28.5 Å². The molecular formula is C24H26ClN5O4. The van der Waals surface area contributed by atoms with Gasteiger partial charge in [-0.1, -0.05) is 23.7 Å². The molecule has 2 aliphatic heterocycles. The van der Waals surface area contributed by atoms with E-state index in [0.29, 0.717) is 63.9 Å². The van der Waals surface area contributed by atoms with Crippen LogP contribution in [0.5, 0.6) is 5.75 Å². The predicted octanol–water partition coefficient (Wildman–Crippen LogP) is 2.80. The zero-order chi connectivity index (χ0) is 23.7. The topological polar surface area (TPSA) is 102 Å². The molecule has 3 heterocycles. The summed E-state index contributed by atoms with van der Waals surface area (Å²) in [4.78, 5) is 36.0. The molecule has 2 aromatic carbocycles. The minimum Gasteiger partial charge on any atom is -0.506 e. The van der Waals surface area contributed by atoms with Crippen LogP contribution in [-0.4, -0.2) is 77.5 Å². The Morgan fingerprint density at radius 2 is 1.91 bits per heavy atom. The summed E-state index contributed by atoms with van der Waals surface area (Å²) in [5.74, 6) is -0.261. The number of piperazine rings is 1. The Balaban J connectivity index is 1.09. The van der Waals surface area contributed by atoms with E-state index in [4.69, 9.17) is 16.0 Å². The van der Waals surface area contributed by atoms with Gasteiger partial charge in [0.1, 0.15) is 11.3 Å². The number of carbonyl (C=O) groups is 2. The van der Waals surface area contributed by atoms with Crippen LogP contribution in [0.25, 0.3) is 11.1 Å². The number of amides is 2. The molecule has 9 nitrogen and oxygen atoms in total. The molecule has 0 saturated carbocycles. The van der Waals surface area contributed by atoms with Gasteiger partial charge in [-0.25, -0.2) is 0 Å². The van der Waals surface area contributed by atoms with Gasteiger partial charge in [0.2, 0.25) is 11.8 Å². The van der Waals surface area contributed by atoms with Crippen LogP contribution in [-0.2, 0) is 9.59 Å². The number of nitrogens with zero attached hydrogens (tertiary/aromatic N) is 4. The van der Waals surface area contributed by atoms with Gasteiger partial charge in [-0.2, -0.15) is 4.98 Å². The van der Waals surface area contributed by atoms with Crippen LogP contribution in [0.4, 0.5) is 11.7 Å². The van der Waals surface area contributed by atoms with Gasteiger partial charge in [-0.3, -0.25) is 14.5 Å². The second-order valence-electron chi connectivity index (χ2n) is 8.71. The van der Waals surface area contributed by atoms with E-state index in [1.54, 1.807) is 6.07 Å². The van der Waals surface area contributed by atoms with E-state index in [1.165, 1.54) is 12.1 Å². The number of carbonyl (C=O) groups excluding carboxylic acids is 2. The number of halogens is 1. The maximum atomic E-state index is 12.9. The Bertz CT molecular complexity index is 1170. The first-order valence-corrected chi connectivity index (χ1v) is 11.7. The van der Waals surface area contributed by atoms with Crippen molar-refractivity contribution in [3.8, 4) is 5.75 Å². The zero-order valence-corrected chi connectivity index (χ0v) is 19.4. The molecule has 0 bridgehead atoms. The van der Waals surface area contributed by atoms with E-state index in [1.807, 2.05) is 34.1 Å². The predicted molar refractivity (Wildman–Crippen MR) is 129 cm³/mol. The number of aromatic nitrogens is 1. The SMILES string of the molecule is O=C(Nc1ccc(O)c(Cl)c1)[C@@H]1CCN(CC(=O)N2CCN(c3nc4ccccc4o3)CC2)C1. The van der Waals surface area contributed by atoms with Crippen molar-refractivity contribution in [2.75, 3.05) is 56.0 Å². The Hall–Kier alpha value is -3.30. The van der Waals surface area contributed by atoms with Gasteiger partial charge in [-0.15, -0.1) is 0 Å². The van der Waals surface area contributed by atoms with Crippen molar-refractivity contribution in [3.63, 3.8) is 0 Å². The summed E-state index contributed by atoms with van der Waals surface area (Å²) in [6.07, 6.45) is 0.691. The second-order valence-corrected chi connectivity index (χ2v) is 9.12. The largest absolute Gasteiger partial charge is 0.506 e. The lowest BCUT2D eigenvalue weighted by Gasteiger charge is -2.34. The summed E-state index contributed by atoms with van der Waals surface area (Å²) >= 11 is 5.91. The van der Waals surface area contributed by atoms with Crippen LogP contribution in [0, 0.1) is 5.92 Å². The highest BCUT2D eigenvalue weighted by Crippen LogP contribution is 2.27. The molecule has 2 amide bonds. The van der Waals surface area contributed by atoms with Gasteiger partial charge in [0.05, 0.1) is 17.5 Å². The molecule has 2 N–H and O–H groups in total. The van der Waals surface area contributed by atoms with E-state index in [0.717, 1.165) is 11.1 Å². The summed E-state index contributed by atoms with van der Waals surface area (Å²) < 4.78 is 5.85. The van der Waals surface area contributed by atoms with Crippen molar-refractivity contribution < 1.29 is 19.1 Å². The lowest BCUT2D eigenvalue weighted by molar-refractivity contribution is -0.132. The number of hydrogen-bond donors (Lipinski definition) is 2. The van der Waals surface area contributed by atoms with Gasteiger partial charge in [0, 0.05) is 38.4 Å². The quantitative estimate of drug-likeness (QED) is 0.538.